The van der Waals surface area contributed by atoms with Crippen LogP contribution in [0.15, 0.2) is 42.5 Å². The second-order valence-corrected chi connectivity index (χ2v) is 4.19. The Hall–Kier alpha value is -1.90. The highest BCUT2D eigenvalue weighted by Crippen LogP contribution is 2.36. The summed E-state index contributed by atoms with van der Waals surface area (Å²) in [6.45, 7) is 0. The standard InChI is InChI=1S/C14H11F2N/c15-11-5-2-1-4-9(11)14-8-10-12(16)6-3-7-13(10)17-14/h1-7,14,17H,8H2. The first-order chi connectivity index (χ1) is 8.25. The topological polar surface area (TPSA) is 12.0 Å². The number of hydrogen-bond acceptors (Lipinski definition) is 1. The number of hydrogen-bond donors (Lipinski definition) is 1. The summed E-state index contributed by atoms with van der Waals surface area (Å²) in [5.74, 6) is -0.480. The maximum atomic E-state index is 13.6. The van der Waals surface area contributed by atoms with Crippen molar-refractivity contribution >= 4 is 5.69 Å². The molecule has 1 heterocycles. The fraction of sp³-hybridized carbons (Fsp3) is 0.143. The number of halogens is 2. The van der Waals surface area contributed by atoms with E-state index in [1.807, 2.05) is 6.07 Å². The molecule has 0 saturated heterocycles. The molecule has 86 valence electrons. The van der Waals surface area contributed by atoms with Gasteiger partial charge in [-0.1, -0.05) is 24.3 Å². The Morgan fingerprint density at radius 2 is 1.71 bits per heavy atom. The van der Waals surface area contributed by atoms with Crippen molar-refractivity contribution in [1.29, 1.82) is 0 Å². The van der Waals surface area contributed by atoms with Crippen molar-refractivity contribution in [2.75, 3.05) is 5.32 Å². The third kappa shape index (κ3) is 1.68. The van der Waals surface area contributed by atoms with Gasteiger partial charge < -0.3 is 5.32 Å². The van der Waals surface area contributed by atoms with E-state index in [-0.39, 0.29) is 17.7 Å². The average molecular weight is 231 g/mol. The molecule has 0 fully saturated rings. The Morgan fingerprint density at radius 1 is 0.941 bits per heavy atom. The Labute approximate surface area is 98.1 Å². The lowest BCUT2D eigenvalue weighted by Gasteiger charge is -2.12. The third-order valence-electron chi connectivity index (χ3n) is 3.14. The molecule has 2 aromatic rings. The fourth-order valence-corrected chi connectivity index (χ4v) is 2.29. The van der Waals surface area contributed by atoms with Crippen LogP contribution in [0.5, 0.6) is 0 Å². The fourth-order valence-electron chi connectivity index (χ4n) is 2.29. The van der Waals surface area contributed by atoms with Crippen LogP contribution in [0.4, 0.5) is 14.5 Å². The summed E-state index contributed by atoms with van der Waals surface area (Å²) in [6.07, 6.45) is 0.489. The van der Waals surface area contributed by atoms with Crippen LogP contribution in [-0.2, 0) is 6.42 Å². The number of benzene rings is 2. The normalized spacial score (nSPS) is 17.6. The number of anilines is 1. The molecule has 1 atom stereocenters. The van der Waals surface area contributed by atoms with Gasteiger partial charge in [0.2, 0.25) is 0 Å². The van der Waals surface area contributed by atoms with E-state index in [0.29, 0.717) is 17.5 Å². The zero-order valence-electron chi connectivity index (χ0n) is 9.08. The highest BCUT2D eigenvalue weighted by molar-refractivity contribution is 5.58. The molecule has 0 radical (unpaired) electrons. The van der Waals surface area contributed by atoms with Crippen LogP contribution >= 0.6 is 0 Å². The summed E-state index contributed by atoms with van der Waals surface area (Å²) in [7, 11) is 0. The Bertz CT molecular complexity index is 566. The smallest absolute Gasteiger partial charge is 0.128 e. The van der Waals surface area contributed by atoms with E-state index in [1.165, 1.54) is 12.1 Å². The van der Waals surface area contributed by atoms with E-state index in [0.717, 1.165) is 5.69 Å². The molecule has 3 rings (SSSR count). The van der Waals surface area contributed by atoms with E-state index in [9.17, 15) is 8.78 Å². The Kier molecular flexibility index (Phi) is 2.32. The third-order valence-corrected chi connectivity index (χ3v) is 3.14. The van der Waals surface area contributed by atoms with Gasteiger partial charge in [0, 0.05) is 23.2 Å². The highest BCUT2D eigenvalue weighted by Gasteiger charge is 2.26. The van der Waals surface area contributed by atoms with Crippen LogP contribution in [0.2, 0.25) is 0 Å². The minimum Gasteiger partial charge on any atom is -0.377 e. The monoisotopic (exact) mass is 231 g/mol. The van der Waals surface area contributed by atoms with Crippen LogP contribution < -0.4 is 5.32 Å². The van der Waals surface area contributed by atoms with E-state index in [1.54, 1.807) is 24.3 Å². The van der Waals surface area contributed by atoms with Gasteiger partial charge in [0.05, 0.1) is 6.04 Å². The summed E-state index contributed by atoms with van der Waals surface area (Å²) in [4.78, 5) is 0. The molecule has 0 amide bonds. The van der Waals surface area contributed by atoms with Crippen molar-refractivity contribution < 1.29 is 8.78 Å². The SMILES string of the molecule is Fc1ccccc1C1Cc2c(F)cccc2N1. The van der Waals surface area contributed by atoms with Crippen molar-refractivity contribution in [3.8, 4) is 0 Å². The van der Waals surface area contributed by atoms with Crippen LogP contribution in [-0.4, -0.2) is 0 Å². The van der Waals surface area contributed by atoms with Gasteiger partial charge in [0.25, 0.3) is 0 Å². The number of rotatable bonds is 1. The minimum absolute atomic E-state index is 0.178. The molecular formula is C14H11F2N. The van der Waals surface area contributed by atoms with Gasteiger partial charge in [-0.3, -0.25) is 0 Å². The predicted octanol–water partition coefficient (Wildman–Crippen LogP) is 3.67. The first-order valence-electron chi connectivity index (χ1n) is 5.54. The lowest BCUT2D eigenvalue weighted by molar-refractivity contribution is 0.586. The molecule has 0 aromatic heterocycles. The van der Waals surface area contributed by atoms with Gasteiger partial charge in [0.15, 0.2) is 0 Å². The van der Waals surface area contributed by atoms with Crippen molar-refractivity contribution in [3.63, 3.8) is 0 Å². The molecule has 0 spiro atoms. The van der Waals surface area contributed by atoms with E-state index in [2.05, 4.69) is 5.32 Å². The molecule has 0 aliphatic carbocycles. The quantitative estimate of drug-likeness (QED) is 0.789. The van der Waals surface area contributed by atoms with Crippen LogP contribution in [0.25, 0.3) is 0 Å². The Morgan fingerprint density at radius 3 is 2.47 bits per heavy atom. The van der Waals surface area contributed by atoms with E-state index >= 15 is 0 Å². The van der Waals surface area contributed by atoms with E-state index < -0.39 is 0 Å². The molecule has 17 heavy (non-hydrogen) atoms. The molecule has 1 unspecified atom stereocenters. The molecule has 1 nitrogen and oxygen atoms in total. The first-order valence-corrected chi connectivity index (χ1v) is 5.54. The van der Waals surface area contributed by atoms with Gasteiger partial charge >= 0.3 is 0 Å². The first kappa shape index (κ1) is 10.3. The molecule has 1 aliphatic rings. The zero-order chi connectivity index (χ0) is 11.8. The lowest BCUT2D eigenvalue weighted by Crippen LogP contribution is -2.07. The van der Waals surface area contributed by atoms with Crippen LogP contribution in [0.3, 0.4) is 0 Å². The highest BCUT2D eigenvalue weighted by atomic mass is 19.1. The van der Waals surface area contributed by atoms with Gasteiger partial charge in [-0.2, -0.15) is 0 Å². The predicted molar refractivity (Wildman–Crippen MR) is 62.9 cm³/mol. The summed E-state index contributed by atoms with van der Waals surface area (Å²) < 4.78 is 27.2. The number of nitrogens with one attached hydrogen (secondary N) is 1. The summed E-state index contributed by atoms with van der Waals surface area (Å²) in [5, 5.41) is 3.15. The molecule has 1 N–H and O–H groups in total. The van der Waals surface area contributed by atoms with Crippen LogP contribution in [0, 0.1) is 11.6 Å². The molecule has 2 aromatic carbocycles. The zero-order valence-corrected chi connectivity index (χ0v) is 9.08. The second-order valence-electron chi connectivity index (χ2n) is 4.19. The Balaban J connectivity index is 1.97. The van der Waals surface area contributed by atoms with Gasteiger partial charge in [-0.15, -0.1) is 0 Å². The van der Waals surface area contributed by atoms with Gasteiger partial charge in [-0.05, 0) is 18.2 Å². The van der Waals surface area contributed by atoms with Gasteiger partial charge in [0.1, 0.15) is 11.6 Å². The number of fused-ring (bicyclic) bond motifs is 1. The van der Waals surface area contributed by atoms with Crippen molar-refractivity contribution in [2.45, 2.75) is 12.5 Å². The molecule has 0 bridgehead atoms. The van der Waals surface area contributed by atoms with Gasteiger partial charge in [-0.25, -0.2) is 8.78 Å². The van der Waals surface area contributed by atoms with Crippen LogP contribution in [0.1, 0.15) is 17.2 Å². The largest absolute Gasteiger partial charge is 0.377 e. The molecule has 0 saturated carbocycles. The van der Waals surface area contributed by atoms with Crippen molar-refractivity contribution in [1.82, 2.24) is 0 Å². The lowest BCUT2D eigenvalue weighted by atomic mass is 10.0. The average Bonchev–Trinajstić information content (AvgIpc) is 2.75. The van der Waals surface area contributed by atoms with Crippen molar-refractivity contribution in [2.24, 2.45) is 0 Å². The summed E-state index contributed by atoms with van der Waals surface area (Å²) in [6, 6.07) is 11.3. The van der Waals surface area contributed by atoms with Crippen molar-refractivity contribution in [3.05, 3.63) is 65.2 Å². The summed E-state index contributed by atoms with van der Waals surface area (Å²) >= 11 is 0. The maximum absolute atomic E-state index is 13.6. The maximum Gasteiger partial charge on any atom is 0.128 e. The van der Waals surface area contributed by atoms with E-state index in [4.69, 9.17) is 0 Å². The molecule has 3 heteroatoms. The second kappa shape index (κ2) is 3.84. The molecule has 1 aliphatic heterocycles. The summed E-state index contributed by atoms with van der Waals surface area (Å²) in [5.41, 5.74) is 1.99. The minimum atomic E-state index is -0.252. The molecular weight excluding hydrogens is 220 g/mol.